The van der Waals surface area contributed by atoms with Gasteiger partial charge in [0.25, 0.3) is 5.91 Å². The zero-order valence-electron chi connectivity index (χ0n) is 14.7. The minimum atomic E-state index is -0.292. The summed E-state index contributed by atoms with van der Waals surface area (Å²) < 4.78 is 6.17. The first kappa shape index (κ1) is 19.7. The molecule has 1 amide bonds. The van der Waals surface area contributed by atoms with Crippen molar-refractivity contribution < 1.29 is 14.6 Å². The third-order valence-corrected chi connectivity index (χ3v) is 6.52. The normalized spacial score (nSPS) is 14.0. The number of nitrogens with one attached hydrogen (secondary N) is 1. The molecule has 1 fully saturated rings. The topological polar surface area (TPSA) is 74.2 Å². The Kier molecular flexibility index (Phi) is 6.38. The van der Waals surface area contributed by atoms with Gasteiger partial charge < -0.3 is 14.7 Å². The molecule has 1 heterocycles. The Morgan fingerprint density at radius 1 is 1.22 bits per heavy atom. The van der Waals surface area contributed by atoms with E-state index in [-0.39, 0.29) is 11.7 Å². The van der Waals surface area contributed by atoms with Crippen LogP contribution in [0, 0.1) is 0 Å². The van der Waals surface area contributed by atoms with Crippen LogP contribution in [0.4, 0.5) is 5.69 Å². The molecule has 1 saturated heterocycles. The summed E-state index contributed by atoms with van der Waals surface area (Å²) in [5.41, 5.74) is 4.83. The van der Waals surface area contributed by atoms with Crippen molar-refractivity contribution in [2.75, 3.05) is 25.1 Å². The van der Waals surface area contributed by atoms with Crippen LogP contribution < -0.4 is 15.1 Å². The number of benzene rings is 2. The molecule has 8 heteroatoms. The fourth-order valence-corrected chi connectivity index (χ4v) is 3.71. The predicted octanol–water partition coefficient (Wildman–Crippen LogP) is 4.29. The van der Waals surface area contributed by atoms with Gasteiger partial charge in [0.05, 0.1) is 17.8 Å². The number of ether oxygens (including phenoxy) is 1. The van der Waals surface area contributed by atoms with Crippen molar-refractivity contribution in [3.63, 3.8) is 0 Å². The maximum atomic E-state index is 12.3. The van der Waals surface area contributed by atoms with Gasteiger partial charge in [-0.15, -0.1) is 0 Å². The SMILES string of the molecule is COc1cc(/C=N\NC(=O)c2ccc(N3CCCC3)cc2)c(Br)c(Br)c1O. The standard InChI is InChI=1S/C19H19Br2N3O3/c1-27-15-10-13(16(20)17(21)18(15)25)11-22-23-19(26)12-4-6-14(7-5-12)24-8-2-3-9-24/h4-7,10-11,25H,2-3,8-9H2,1H3,(H,23,26)/b22-11-. The molecular formula is C19H19Br2N3O3. The molecule has 2 aromatic carbocycles. The van der Waals surface area contributed by atoms with Crippen LogP contribution in [0.5, 0.6) is 11.5 Å². The van der Waals surface area contributed by atoms with E-state index in [1.807, 2.05) is 12.1 Å². The van der Waals surface area contributed by atoms with E-state index in [0.717, 1.165) is 18.8 Å². The Bertz CT molecular complexity index is 863. The van der Waals surface area contributed by atoms with Crippen molar-refractivity contribution in [3.8, 4) is 11.5 Å². The summed E-state index contributed by atoms with van der Waals surface area (Å²) in [4.78, 5) is 14.6. The largest absolute Gasteiger partial charge is 0.503 e. The average Bonchev–Trinajstić information content (AvgIpc) is 3.23. The molecule has 2 aromatic rings. The van der Waals surface area contributed by atoms with E-state index >= 15 is 0 Å². The number of hydrogen-bond acceptors (Lipinski definition) is 5. The molecule has 0 spiro atoms. The number of phenolic OH excluding ortho intramolecular Hbond substituents is 1. The quantitative estimate of drug-likeness (QED) is 0.478. The highest BCUT2D eigenvalue weighted by atomic mass is 79.9. The molecule has 0 saturated carbocycles. The molecule has 1 aliphatic rings. The minimum absolute atomic E-state index is 0.0105. The van der Waals surface area contributed by atoms with Crippen molar-refractivity contribution in [2.24, 2.45) is 5.10 Å². The van der Waals surface area contributed by atoms with Crippen molar-refractivity contribution in [1.29, 1.82) is 0 Å². The first-order valence-electron chi connectivity index (χ1n) is 8.44. The highest BCUT2D eigenvalue weighted by molar-refractivity contribution is 9.13. The number of hydrazone groups is 1. The Balaban J connectivity index is 1.67. The third kappa shape index (κ3) is 4.44. The van der Waals surface area contributed by atoms with E-state index in [4.69, 9.17) is 4.74 Å². The van der Waals surface area contributed by atoms with Gasteiger partial charge in [-0.1, -0.05) is 0 Å². The van der Waals surface area contributed by atoms with Crippen molar-refractivity contribution >= 4 is 49.7 Å². The van der Waals surface area contributed by atoms with Gasteiger partial charge in [-0.05, 0) is 75.0 Å². The number of carbonyl (C=O) groups is 1. The zero-order chi connectivity index (χ0) is 19.4. The molecule has 0 unspecified atom stereocenters. The van der Waals surface area contributed by atoms with Crippen LogP contribution in [0.3, 0.4) is 0 Å². The Hall–Kier alpha value is -2.06. The minimum Gasteiger partial charge on any atom is -0.503 e. The summed E-state index contributed by atoms with van der Waals surface area (Å²) >= 11 is 6.66. The van der Waals surface area contributed by atoms with Crippen LogP contribution in [-0.4, -0.2) is 37.4 Å². The lowest BCUT2D eigenvalue weighted by Gasteiger charge is -2.17. The summed E-state index contributed by atoms with van der Waals surface area (Å²) in [5, 5.41) is 13.9. The summed E-state index contributed by atoms with van der Waals surface area (Å²) in [7, 11) is 1.46. The van der Waals surface area contributed by atoms with E-state index in [0.29, 0.717) is 25.8 Å². The summed E-state index contributed by atoms with van der Waals surface area (Å²) in [6.45, 7) is 2.13. The van der Waals surface area contributed by atoms with Gasteiger partial charge in [0.1, 0.15) is 0 Å². The first-order chi connectivity index (χ1) is 13.0. The number of rotatable bonds is 5. The maximum absolute atomic E-state index is 12.3. The number of nitrogens with zero attached hydrogens (tertiary/aromatic N) is 2. The van der Waals surface area contributed by atoms with E-state index in [2.05, 4.69) is 47.3 Å². The number of hydrogen-bond donors (Lipinski definition) is 2. The van der Waals surface area contributed by atoms with E-state index in [9.17, 15) is 9.90 Å². The average molecular weight is 497 g/mol. The lowest BCUT2D eigenvalue weighted by molar-refractivity contribution is 0.0955. The summed E-state index contributed by atoms with van der Waals surface area (Å²) in [6.07, 6.45) is 3.91. The third-order valence-electron chi connectivity index (χ3n) is 4.36. The number of phenols is 1. The van der Waals surface area contributed by atoms with Crippen LogP contribution >= 0.6 is 31.9 Å². The summed E-state index contributed by atoms with van der Waals surface area (Å²) in [6, 6.07) is 9.14. The molecule has 6 nitrogen and oxygen atoms in total. The Morgan fingerprint density at radius 3 is 2.52 bits per heavy atom. The van der Waals surface area contributed by atoms with Crippen LogP contribution in [0.15, 0.2) is 44.4 Å². The highest BCUT2D eigenvalue weighted by Gasteiger charge is 2.15. The fourth-order valence-electron chi connectivity index (χ4n) is 2.89. The molecule has 0 radical (unpaired) electrons. The van der Waals surface area contributed by atoms with E-state index in [1.54, 1.807) is 18.2 Å². The molecule has 1 aliphatic heterocycles. The van der Waals surface area contributed by atoms with Crippen LogP contribution in [-0.2, 0) is 0 Å². The number of halogens is 2. The molecule has 2 N–H and O–H groups in total. The fraction of sp³-hybridized carbons (Fsp3) is 0.263. The van der Waals surface area contributed by atoms with Gasteiger partial charge in [-0.25, -0.2) is 5.43 Å². The van der Waals surface area contributed by atoms with Crippen LogP contribution in [0.1, 0.15) is 28.8 Å². The molecule has 27 heavy (non-hydrogen) atoms. The summed E-state index contributed by atoms with van der Waals surface area (Å²) in [5.74, 6) is -0.000779. The van der Waals surface area contributed by atoms with Crippen molar-refractivity contribution in [2.45, 2.75) is 12.8 Å². The Morgan fingerprint density at radius 2 is 1.89 bits per heavy atom. The lowest BCUT2D eigenvalue weighted by atomic mass is 10.2. The monoisotopic (exact) mass is 495 g/mol. The first-order valence-corrected chi connectivity index (χ1v) is 10.0. The lowest BCUT2D eigenvalue weighted by Crippen LogP contribution is -2.19. The molecular weight excluding hydrogens is 478 g/mol. The predicted molar refractivity (Wildman–Crippen MR) is 113 cm³/mol. The second-order valence-electron chi connectivity index (χ2n) is 6.08. The van der Waals surface area contributed by atoms with Crippen LogP contribution in [0.2, 0.25) is 0 Å². The number of anilines is 1. The zero-order valence-corrected chi connectivity index (χ0v) is 17.9. The number of aromatic hydroxyl groups is 1. The number of carbonyl (C=O) groups excluding carboxylic acids is 1. The second kappa shape index (κ2) is 8.75. The van der Waals surface area contributed by atoms with Gasteiger partial charge in [0, 0.05) is 34.4 Å². The van der Waals surface area contributed by atoms with Gasteiger partial charge in [0.2, 0.25) is 0 Å². The number of methoxy groups -OCH3 is 1. The van der Waals surface area contributed by atoms with Gasteiger partial charge in [-0.3, -0.25) is 4.79 Å². The van der Waals surface area contributed by atoms with E-state index < -0.39 is 0 Å². The smallest absolute Gasteiger partial charge is 0.271 e. The molecule has 0 atom stereocenters. The van der Waals surface area contributed by atoms with Crippen LogP contribution in [0.25, 0.3) is 0 Å². The highest BCUT2D eigenvalue weighted by Crippen LogP contribution is 2.41. The van der Waals surface area contributed by atoms with Crippen molar-refractivity contribution in [3.05, 3.63) is 50.4 Å². The van der Waals surface area contributed by atoms with Gasteiger partial charge >= 0.3 is 0 Å². The van der Waals surface area contributed by atoms with Crippen molar-refractivity contribution in [1.82, 2.24) is 5.43 Å². The number of amides is 1. The van der Waals surface area contributed by atoms with Gasteiger partial charge in [0.15, 0.2) is 11.5 Å². The molecule has 0 aromatic heterocycles. The Labute approximate surface area is 174 Å². The maximum Gasteiger partial charge on any atom is 0.271 e. The molecule has 3 rings (SSSR count). The van der Waals surface area contributed by atoms with Gasteiger partial charge in [-0.2, -0.15) is 5.10 Å². The second-order valence-corrected chi connectivity index (χ2v) is 7.67. The molecule has 0 bridgehead atoms. The van der Waals surface area contributed by atoms with E-state index in [1.165, 1.54) is 26.2 Å². The molecule has 142 valence electrons. The molecule has 0 aliphatic carbocycles.